The second-order valence-electron chi connectivity index (χ2n) is 4.48. The molecule has 7 heteroatoms. The molecule has 1 aromatic rings. The fourth-order valence-electron chi connectivity index (χ4n) is 2.28. The lowest BCUT2D eigenvalue weighted by Crippen LogP contribution is -2.30. The molecule has 18 heavy (non-hydrogen) atoms. The number of nitrogens with one attached hydrogen (secondary N) is 2. The highest BCUT2D eigenvalue weighted by Gasteiger charge is 2.32. The molecule has 1 aromatic heterocycles. The fourth-order valence-corrected chi connectivity index (χ4v) is 3.52. The Kier molecular flexibility index (Phi) is 4.69. The summed E-state index contributed by atoms with van der Waals surface area (Å²) in [6, 6.07) is 0. The van der Waals surface area contributed by atoms with E-state index in [0.29, 0.717) is 10.7 Å². The molecule has 1 aliphatic carbocycles. The predicted octanol–water partition coefficient (Wildman–Crippen LogP) is 2.61. The monoisotopic (exact) mass is 331 g/mol. The third-order valence-electron chi connectivity index (χ3n) is 3.40. The molecule has 0 bridgehead atoms. The van der Waals surface area contributed by atoms with Gasteiger partial charge in [0.2, 0.25) is 5.95 Å². The second kappa shape index (κ2) is 6.08. The van der Waals surface area contributed by atoms with Crippen LogP contribution in [0.2, 0.25) is 0 Å². The molecule has 1 fully saturated rings. The first-order chi connectivity index (χ1) is 8.69. The molecule has 0 aliphatic heterocycles. The summed E-state index contributed by atoms with van der Waals surface area (Å²) in [5, 5.41) is 3.41. The zero-order valence-corrected chi connectivity index (χ0v) is 12.8. The smallest absolute Gasteiger partial charge is 0.239 e. The van der Waals surface area contributed by atoms with Crippen LogP contribution in [0.15, 0.2) is 10.7 Å². The molecule has 0 aromatic carbocycles. The molecule has 0 saturated heterocycles. The molecule has 0 atom stereocenters. The standard InChI is InChI=1S/C11H18BrN5S/c1-18-11(4-2-3-5-11)7-15-9-8(12)6-14-10(16-9)17-13/h6H,2-5,7,13H2,1H3,(H2,14,15,16,17). The average Bonchev–Trinajstić information content (AvgIpc) is 2.87. The van der Waals surface area contributed by atoms with Crippen LogP contribution in [0.1, 0.15) is 25.7 Å². The van der Waals surface area contributed by atoms with Crippen molar-refractivity contribution in [3.8, 4) is 0 Å². The predicted molar refractivity (Wildman–Crippen MR) is 80.7 cm³/mol. The summed E-state index contributed by atoms with van der Waals surface area (Å²) in [4.78, 5) is 8.34. The Morgan fingerprint density at radius 2 is 2.22 bits per heavy atom. The molecular formula is C11H18BrN5S. The minimum Gasteiger partial charge on any atom is -0.368 e. The summed E-state index contributed by atoms with van der Waals surface area (Å²) >= 11 is 5.40. The van der Waals surface area contributed by atoms with Gasteiger partial charge in [-0.15, -0.1) is 0 Å². The molecule has 0 amide bonds. The van der Waals surface area contributed by atoms with Gasteiger partial charge in [0.1, 0.15) is 5.82 Å². The number of hydrogen-bond acceptors (Lipinski definition) is 6. The van der Waals surface area contributed by atoms with Crippen LogP contribution in [0.25, 0.3) is 0 Å². The van der Waals surface area contributed by atoms with Crippen LogP contribution < -0.4 is 16.6 Å². The number of hydrazine groups is 1. The van der Waals surface area contributed by atoms with E-state index in [1.54, 1.807) is 6.20 Å². The summed E-state index contributed by atoms with van der Waals surface area (Å²) in [5.74, 6) is 6.53. The molecule has 0 radical (unpaired) electrons. The molecule has 100 valence electrons. The molecule has 0 unspecified atom stereocenters. The van der Waals surface area contributed by atoms with Crippen molar-refractivity contribution in [1.29, 1.82) is 0 Å². The molecular weight excluding hydrogens is 314 g/mol. The quantitative estimate of drug-likeness (QED) is 0.568. The summed E-state index contributed by atoms with van der Waals surface area (Å²) in [6.45, 7) is 0.924. The number of nitrogens with two attached hydrogens (primary N) is 1. The summed E-state index contributed by atoms with van der Waals surface area (Å²) < 4.78 is 1.21. The van der Waals surface area contributed by atoms with Crippen molar-refractivity contribution < 1.29 is 0 Å². The number of hydrogen-bond donors (Lipinski definition) is 3. The van der Waals surface area contributed by atoms with E-state index >= 15 is 0 Å². The van der Waals surface area contributed by atoms with E-state index in [-0.39, 0.29) is 0 Å². The highest BCUT2D eigenvalue weighted by atomic mass is 79.9. The van der Waals surface area contributed by atoms with Crippen LogP contribution in [0.5, 0.6) is 0 Å². The molecule has 5 nitrogen and oxygen atoms in total. The van der Waals surface area contributed by atoms with E-state index in [1.807, 2.05) is 11.8 Å². The van der Waals surface area contributed by atoms with Gasteiger partial charge in [-0.2, -0.15) is 16.7 Å². The zero-order chi connectivity index (χ0) is 13.0. The number of nitrogen functional groups attached to an aromatic ring is 1. The van der Waals surface area contributed by atoms with Crippen LogP contribution in [-0.2, 0) is 0 Å². The van der Waals surface area contributed by atoms with Crippen molar-refractivity contribution in [2.75, 3.05) is 23.5 Å². The Labute approximate surface area is 120 Å². The SMILES string of the molecule is CSC1(CNc2nc(NN)ncc2Br)CCCC1. The fraction of sp³-hybridized carbons (Fsp3) is 0.636. The lowest BCUT2D eigenvalue weighted by atomic mass is 10.1. The number of anilines is 2. The van der Waals surface area contributed by atoms with E-state index in [2.05, 4.69) is 42.9 Å². The first-order valence-corrected chi connectivity index (χ1v) is 7.99. The van der Waals surface area contributed by atoms with Crippen molar-refractivity contribution in [1.82, 2.24) is 9.97 Å². The van der Waals surface area contributed by atoms with Crippen LogP contribution in [-0.4, -0.2) is 27.5 Å². The Bertz CT molecular complexity index is 408. The van der Waals surface area contributed by atoms with Crippen LogP contribution in [0, 0.1) is 0 Å². The number of thioether (sulfide) groups is 1. The Morgan fingerprint density at radius 1 is 1.50 bits per heavy atom. The zero-order valence-electron chi connectivity index (χ0n) is 10.4. The Balaban J connectivity index is 2.05. The molecule has 4 N–H and O–H groups in total. The van der Waals surface area contributed by atoms with Crippen molar-refractivity contribution in [3.63, 3.8) is 0 Å². The molecule has 2 rings (SSSR count). The van der Waals surface area contributed by atoms with Crippen LogP contribution in [0.4, 0.5) is 11.8 Å². The maximum Gasteiger partial charge on any atom is 0.239 e. The first kappa shape index (κ1) is 13.9. The summed E-state index contributed by atoms with van der Waals surface area (Å²) in [5.41, 5.74) is 2.46. The van der Waals surface area contributed by atoms with Gasteiger partial charge >= 0.3 is 0 Å². The Hall–Kier alpha value is -0.530. The van der Waals surface area contributed by atoms with Gasteiger partial charge < -0.3 is 5.32 Å². The van der Waals surface area contributed by atoms with Gasteiger partial charge in [0.25, 0.3) is 0 Å². The minimum atomic E-state index is 0.348. The number of nitrogens with zero attached hydrogens (tertiary/aromatic N) is 2. The number of halogens is 1. The van der Waals surface area contributed by atoms with E-state index in [0.717, 1.165) is 16.8 Å². The van der Waals surface area contributed by atoms with Gasteiger partial charge in [0.15, 0.2) is 0 Å². The van der Waals surface area contributed by atoms with Gasteiger partial charge in [-0.25, -0.2) is 10.8 Å². The highest BCUT2D eigenvalue weighted by Crippen LogP contribution is 2.40. The van der Waals surface area contributed by atoms with Gasteiger partial charge in [0, 0.05) is 17.5 Å². The van der Waals surface area contributed by atoms with Gasteiger partial charge in [-0.1, -0.05) is 12.8 Å². The average molecular weight is 332 g/mol. The molecule has 0 spiro atoms. The first-order valence-electron chi connectivity index (χ1n) is 5.97. The van der Waals surface area contributed by atoms with Gasteiger partial charge in [-0.3, -0.25) is 5.43 Å². The lowest BCUT2D eigenvalue weighted by molar-refractivity contribution is 0.638. The third kappa shape index (κ3) is 3.07. The maximum absolute atomic E-state index is 5.32. The molecule has 1 saturated carbocycles. The van der Waals surface area contributed by atoms with Gasteiger partial charge in [0.05, 0.1) is 4.47 Å². The lowest BCUT2D eigenvalue weighted by Gasteiger charge is -2.27. The van der Waals surface area contributed by atoms with Crippen molar-refractivity contribution >= 4 is 39.5 Å². The summed E-state index contributed by atoms with van der Waals surface area (Å²) in [6.07, 6.45) is 9.07. The normalized spacial score (nSPS) is 17.7. The van der Waals surface area contributed by atoms with Crippen LogP contribution >= 0.6 is 27.7 Å². The number of rotatable bonds is 5. The van der Waals surface area contributed by atoms with E-state index in [4.69, 9.17) is 5.84 Å². The maximum atomic E-state index is 5.32. The van der Waals surface area contributed by atoms with Crippen molar-refractivity contribution in [2.24, 2.45) is 5.84 Å². The summed E-state index contributed by atoms with van der Waals surface area (Å²) in [7, 11) is 0. The topological polar surface area (TPSA) is 75.9 Å². The van der Waals surface area contributed by atoms with Crippen LogP contribution in [0.3, 0.4) is 0 Å². The second-order valence-corrected chi connectivity index (χ2v) is 6.61. The molecule has 1 aliphatic rings. The third-order valence-corrected chi connectivity index (χ3v) is 5.40. The van der Waals surface area contributed by atoms with Crippen molar-refractivity contribution in [3.05, 3.63) is 10.7 Å². The highest BCUT2D eigenvalue weighted by molar-refractivity contribution is 9.10. The Morgan fingerprint density at radius 3 is 2.83 bits per heavy atom. The number of aromatic nitrogens is 2. The molecule has 1 heterocycles. The van der Waals surface area contributed by atoms with E-state index in [9.17, 15) is 0 Å². The van der Waals surface area contributed by atoms with E-state index < -0.39 is 0 Å². The largest absolute Gasteiger partial charge is 0.368 e. The van der Waals surface area contributed by atoms with Gasteiger partial charge in [-0.05, 0) is 35.0 Å². The minimum absolute atomic E-state index is 0.348. The van der Waals surface area contributed by atoms with E-state index in [1.165, 1.54) is 25.7 Å². The van der Waals surface area contributed by atoms with Crippen molar-refractivity contribution in [2.45, 2.75) is 30.4 Å².